The maximum Gasteiger partial charge on any atom is 0.416 e. The molecular formula is C27H27F3N6O2. The van der Waals surface area contributed by atoms with Gasteiger partial charge in [0.15, 0.2) is 5.65 Å². The van der Waals surface area contributed by atoms with Gasteiger partial charge in [0, 0.05) is 67.7 Å². The molecule has 1 aliphatic heterocycles. The van der Waals surface area contributed by atoms with Crippen LogP contribution in [0.2, 0.25) is 0 Å². The normalized spacial score (nSPS) is 18.2. The van der Waals surface area contributed by atoms with Gasteiger partial charge in [-0.25, -0.2) is 4.98 Å². The summed E-state index contributed by atoms with van der Waals surface area (Å²) in [5.74, 6) is -0.958. The molecule has 0 unspecified atom stereocenters. The maximum atomic E-state index is 13.8. The van der Waals surface area contributed by atoms with Crippen LogP contribution in [0.4, 0.5) is 13.2 Å². The Morgan fingerprint density at radius 3 is 2.76 bits per heavy atom. The van der Waals surface area contributed by atoms with Crippen LogP contribution in [0.1, 0.15) is 33.1 Å². The number of carbonyl (C=O) groups excluding carboxylic acids is 1. The number of ether oxygens (including phenoxy) is 1. The number of alkyl halides is 3. The Kier molecular flexibility index (Phi) is 7.13. The third-order valence-corrected chi connectivity index (χ3v) is 6.84. The van der Waals surface area contributed by atoms with E-state index in [1.54, 1.807) is 25.4 Å². The smallest absolute Gasteiger partial charge is 0.383 e. The van der Waals surface area contributed by atoms with Crippen molar-refractivity contribution in [2.45, 2.75) is 25.1 Å². The lowest BCUT2D eigenvalue weighted by Crippen LogP contribution is -2.40. The van der Waals surface area contributed by atoms with Crippen LogP contribution in [0.15, 0.2) is 54.9 Å². The monoisotopic (exact) mass is 524 g/mol. The van der Waals surface area contributed by atoms with Gasteiger partial charge in [0.25, 0.3) is 5.91 Å². The number of likely N-dealkylation sites (tertiary alicyclic amines) is 1. The number of fused-ring (bicyclic) bond motifs is 1. The summed E-state index contributed by atoms with van der Waals surface area (Å²) in [5.41, 5.74) is 2.59. The van der Waals surface area contributed by atoms with Crippen molar-refractivity contribution in [1.82, 2.24) is 30.4 Å². The fraction of sp³-hybridized carbons (Fsp3) is 0.333. The fourth-order valence-electron chi connectivity index (χ4n) is 5.02. The highest BCUT2D eigenvalue weighted by Gasteiger charge is 2.41. The maximum absolute atomic E-state index is 13.8. The van der Waals surface area contributed by atoms with Crippen molar-refractivity contribution in [3.05, 3.63) is 77.2 Å². The van der Waals surface area contributed by atoms with Crippen molar-refractivity contribution < 1.29 is 22.7 Å². The molecule has 4 aromatic rings. The number of rotatable bonds is 7. The van der Waals surface area contributed by atoms with Crippen LogP contribution in [-0.2, 0) is 10.9 Å². The molecule has 1 amide bonds. The number of aryl methyl sites for hydroxylation is 1. The summed E-state index contributed by atoms with van der Waals surface area (Å²) < 4.78 is 46.7. The van der Waals surface area contributed by atoms with Crippen LogP contribution in [0.5, 0.6) is 0 Å². The minimum absolute atomic E-state index is 0.170. The highest BCUT2D eigenvalue weighted by molar-refractivity contribution is 6.00. The Labute approximate surface area is 217 Å². The number of amides is 1. The second-order valence-electron chi connectivity index (χ2n) is 9.40. The van der Waals surface area contributed by atoms with Gasteiger partial charge in [0.05, 0.1) is 17.7 Å². The Bertz CT molecular complexity index is 1450. The minimum Gasteiger partial charge on any atom is -0.383 e. The predicted octanol–water partition coefficient (Wildman–Crippen LogP) is 4.19. The molecule has 11 heteroatoms. The standard InChI is InChI=1S/C27H27F3N6O2/c1-16-11-17(7-8-31-16)24-20-12-18(13-32-25(20)35-34-24)26(37)33-23-15-36(9-10-38-2)14-21(23)19-5-3-4-6-22(19)27(28,29)30/h3-8,11-13,21,23H,9-10,14-15H2,1-2H3,(H,33,37)(H,32,34,35)/t21-,23+/m0/s1. The zero-order valence-corrected chi connectivity index (χ0v) is 20.9. The molecule has 1 aliphatic rings. The summed E-state index contributed by atoms with van der Waals surface area (Å²) in [7, 11) is 1.58. The molecule has 1 fully saturated rings. The number of halogens is 3. The van der Waals surface area contributed by atoms with Crippen LogP contribution >= 0.6 is 0 Å². The number of nitrogens with one attached hydrogen (secondary N) is 2. The number of benzene rings is 1. The molecule has 2 N–H and O–H groups in total. The molecule has 0 aliphatic carbocycles. The van der Waals surface area contributed by atoms with Crippen molar-refractivity contribution in [2.24, 2.45) is 0 Å². The number of hydrogen-bond donors (Lipinski definition) is 2. The molecule has 38 heavy (non-hydrogen) atoms. The molecule has 2 atom stereocenters. The van der Waals surface area contributed by atoms with Crippen LogP contribution in [0.25, 0.3) is 22.3 Å². The molecule has 0 spiro atoms. The summed E-state index contributed by atoms with van der Waals surface area (Å²) in [6, 6.07) is 10.4. The van der Waals surface area contributed by atoms with Gasteiger partial charge in [0.1, 0.15) is 5.69 Å². The number of hydrogen-bond acceptors (Lipinski definition) is 6. The Balaban J connectivity index is 1.44. The summed E-state index contributed by atoms with van der Waals surface area (Å²) in [5, 5.41) is 10.9. The highest BCUT2D eigenvalue weighted by atomic mass is 19.4. The summed E-state index contributed by atoms with van der Waals surface area (Å²) in [4.78, 5) is 24.0. The van der Waals surface area contributed by atoms with Gasteiger partial charge in [-0.15, -0.1) is 0 Å². The summed E-state index contributed by atoms with van der Waals surface area (Å²) in [6.45, 7) is 3.62. The Morgan fingerprint density at radius 1 is 1.18 bits per heavy atom. The lowest BCUT2D eigenvalue weighted by Gasteiger charge is -2.23. The SMILES string of the molecule is COCCN1C[C@@H](NC(=O)c2cnc3[nH]nc(-c4ccnc(C)c4)c3c2)[C@H](c2ccccc2C(F)(F)F)C1. The first-order valence-corrected chi connectivity index (χ1v) is 12.2. The van der Waals surface area contributed by atoms with E-state index < -0.39 is 29.6 Å². The van der Waals surface area contributed by atoms with Gasteiger partial charge >= 0.3 is 6.18 Å². The Hall–Kier alpha value is -3.83. The molecule has 0 saturated carbocycles. The van der Waals surface area contributed by atoms with Crippen molar-refractivity contribution in [3.8, 4) is 11.3 Å². The number of nitrogens with zero attached hydrogens (tertiary/aromatic N) is 4. The quantitative estimate of drug-likeness (QED) is 0.377. The van der Waals surface area contributed by atoms with Crippen LogP contribution < -0.4 is 5.32 Å². The van der Waals surface area contributed by atoms with Crippen LogP contribution in [0.3, 0.4) is 0 Å². The fourth-order valence-corrected chi connectivity index (χ4v) is 5.02. The van der Waals surface area contributed by atoms with Gasteiger partial charge in [-0.2, -0.15) is 18.3 Å². The lowest BCUT2D eigenvalue weighted by atomic mass is 9.90. The van der Waals surface area contributed by atoms with Crippen LogP contribution in [-0.4, -0.2) is 70.4 Å². The number of carbonyl (C=O) groups is 1. The van der Waals surface area contributed by atoms with Crippen molar-refractivity contribution in [1.29, 1.82) is 0 Å². The number of pyridine rings is 2. The van der Waals surface area contributed by atoms with Gasteiger partial charge in [-0.3, -0.25) is 19.8 Å². The van der Waals surface area contributed by atoms with E-state index in [1.165, 1.54) is 18.3 Å². The molecule has 1 aromatic carbocycles. The van der Waals surface area contributed by atoms with E-state index in [1.807, 2.05) is 24.0 Å². The zero-order valence-electron chi connectivity index (χ0n) is 20.9. The molecular weight excluding hydrogens is 497 g/mol. The van der Waals surface area contributed by atoms with E-state index >= 15 is 0 Å². The summed E-state index contributed by atoms with van der Waals surface area (Å²) in [6.07, 6.45) is -1.37. The van der Waals surface area contributed by atoms with Crippen molar-refractivity contribution in [3.63, 3.8) is 0 Å². The van der Waals surface area contributed by atoms with Crippen molar-refractivity contribution >= 4 is 16.9 Å². The van der Waals surface area contributed by atoms with E-state index in [9.17, 15) is 18.0 Å². The molecule has 1 saturated heterocycles. The molecule has 0 bridgehead atoms. The van der Waals surface area contributed by atoms with E-state index in [4.69, 9.17) is 4.74 Å². The Morgan fingerprint density at radius 2 is 2.00 bits per heavy atom. The van der Waals surface area contributed by atoms with Crippen molar-refractivity contribution in [2.75, 3.05) is 33.4 Å². The predicted molar refractivity (Wildman–Crippen MR) is 136 cm³/mol. The third-order valence-electron chi connectivity index (χ3n) is 6.84. The molecule has 198 valence electrons. The number of aromatic amines is 1. The topological polar surface area (TPSA) is 96.0 Å². The van der Waals surface area contributed by atoms with E-state index in [0.29, 0.717) is 48.5 Å². The first kappa shape index (κ1) is 25.8. The molecule has 3 aromatic heterocycles. The molecule has 4 heterocycles. The molecule has 5 rings (SSSR count). The minimum atomic E-state index is -4.50. The second-order valence-corrected chi connectivity index (χ2v) is 9.40. The zero-order chi connectivity index (χ0) is 26.9. The number of methoxy groups -OCH3 is 1. The van der Waals surface area contributed by atoms with Gasteiger partial charge < -0.3 is 10.1 Å². The first-order valence-electron chi connectivity index (χ1n) is 12.2. The van der Waals surface area contributed by atoms with E-state index in [-0.39, 0.29) is 5.56 Å². The summed E-state index contributed by atoms with van der Waals surface area (Å²) >= 11 is 0. The van der Waals surface area contributed by atoms with Gasteiger partial charge in [-0.05, 0) is 36.8 Å². The lowest BCUT2D eigenvalue weighted by molar-refractivity contribution is -0.138. The van der Waals surface area contributed by atoms with E-state index in [0.717, 1.165) is 17.3 Å². The number of H-pyrrole nitrogens is 1. The highest BCUT2D eigenvalue weighted by Crippen LogP contribution is 2.38. The van der Waals surface area contributed by atoms with Crippen LogP contribution in [0, 0.1) is 6.92 Å². The average molecular weight is 525 g/mol. The molecule has 0 radical (unpaired) electrons. The van der Waals surface area contributed by atoms with Gasteiger partial charge in [-0.1, -0.05) is 18.2 Å². The van der Waals surface area contributed by atoms with E-state index in [2.05, 4.69) is 25.5 Å². The second kappa shape index (κ2) is 10.5. The third kappa shape index (κ3) is 5.25. The molecule has 8 nitrogen and oxygen atoms in total. The largest absolute Gasteiger partial charge is 0.416 e. The first-order chi connectivity index (χ1) is 18.2. The van der Waals surface area contributed by atoms with Gasteiger partial charge in [0.2, 0.25) is 0 Å². The average Bonchev–Trinajstić information content (AvgIpc) is 3.50. The number of aromatic nitrogens is 4.